The molecular weight excluding hydrogens is 322 g/mol. The van der Waals surface area contributed by atoms with Crippen LogP contribution in [-0.2, 0) is 6.67 Å². The van der Waals surface area contributed by atoms with E-state index in [4.69, 9.17) is 4.42 Å². The van der Waals surface area contributed by atoms with Crippen molar-refractivity contribution in [3.8, 4) is 0 Å². The highest BCUT2D eigenvalue weighted by molar-refractivity contribution is 7.07. The second-order valence-electron chi connectivity index (χ2n) is 5.89. The zero-order chi connectivity index (χ0) is 16.7. The van der Waals surface area contributed by atoms with E-state index in [-0.39, 0.29) is 5.56 Å². The Labute approximate surface area is 142 Å². The number of anilines is 1. The van der Waals surface area contributed by atoms with Gasteiger partial charge in [0.1, 0.15) is 24.9 Å². The van der Waals surface area contributed by atoms with Crippen molar-refractivity contribution >= 4 is 23.1 Å². The van der Waals surface area contributed by atoms with Crippen molar-refractivity contribution in [2.45, 2.75) is 20.5 Å². The molecule has 0 N–H and O–H groups in total. The molecule has 0 unspecified atom stereocenters. The summed E-state index contributed by atoms with van der Waals surface area (Å²) in [6, 6.07) is 12.0. The third-order valence-corrected chi connectivity index (χ3v) is 5.05. The first-order valence-electron chi connectivity index (χ1n) is 7.74. The smallest absolute Gasteiger partial charge is 0.271 e. The van der Waals surface area contributed by atoms with Crippen LogP contribution in [0.15, 0.2) is 50.6 Å². The van der Waals surface area contributed by atoms with E-state index in [2.05, 4.69) is 41.1 Å². The molecule has 0 bridgehead atoms. The van der Waals surface area contributed by atoms with Gasteiger partial charge in [-0.05, 0) is 38.1 Å². The third kappa shape index (κ3) is 2.69. The van der Waals surface area contributed by atoms with E-state index in [0.717, 1.165) is 16.2 Å². The van der Waals surface area contributed by atoms with E-state index >= 15 is 0 Å². The summed E-state index contributed by atoms with van der Waals surface area (Å²) in [6.45, 7) is 5.02. The Kier molecular flexibility index (Phi) is 3.61. The van der Waals surface area contributed by atoms with Crippen molar-refractivity contribution in [3.63, 3.8) is 0 Å². The van der Waals surface area contributed by atoms with Crippen LogP contribution in [-0.4, -0.2) is 11.2 Å². The highest BCUT2D eigenvalue weighted by Gasteiger charge is 2.16. The Bertz CT molecular complexity index is 1060. The van der Waals surface area contributed by atoms with Gasteiger partial charge in [-0.25, -0.2) is 4.99 Å². The number of nitrogens with zero attached hydrogens (tertiary/aromatic N) is 3. The normalized spacial score (nSPS) is 14.6. The maximum atomic E-state index is 12.7. The number of aromatic nitrogens is 1. The monoisotopic (exact) mass is 339 g/mol. The van der Waals surface area contributed by atoms with Crippen LogP contribution in [0.4, 0.5) is 5.69 Å². The fourth-order valence-electron chi connectivity index (χ4n) is 2.69. The average Bonchev–Trinajstić information content (AvgIpc) is 3.12. The van der Waals surface area contributed by atoms with E-state index in [9.17, 15) is 4.79 Å². The van der Waals surface area contributed by atoms with E-state index in [1.165, 1.54) is 16.9 Å². The Hall–Kier alpha value is -2.60. The summed E-state index contributed by atoms with van der Waals surface area (Å²) in [7, 11) is 0. The molecule has 1 aromatic carbocycles. The summed E-state index contributed by atoms with van der Waals surface area (Å²) in [4.78, 5) is 20.1. The predicted molar refractivity (Wildman–Crippen MR) is 94.9 cm³/mol. The van der Waals surface area contributed by atoms with Crippen molar-refractivity contribution in [1.29, 1.82) is 0 Å². The van der Waals surface area contributed by atoms with Crippen LogP contribution in [0.3, 0.4) is 0 Å². The molecule has 0 saturated carbocycles. The number of thiazole rings is 1. The van der Waals surface area contributed by atoms with Crippen LogP contribution >= 0.6 is 11.3 Å². The SMILES string of the molecule is Cc1ccc(N2CN=c3s/c(=C\c4ccc(C)o4)c(=O)n3C2)cc1. The van der Waals surface area contributed by atoms with E-state index in [1.807, 2.05) is 19.1 Å². The number of hydrogen-bond donors (Lipinski definition) is 0. The van der Waals surface area contributed by atoms with Gasteiger partial charge in [0.05, 0.1) is 4.53 Å². The van der Waals surface area contributed by atoms with Crippen LogP contribution in [0.5, 0.6) is 0 Å². The van der Waals surface area contributed by atoms with E-state index < -0.39 is 0 Å². The lowest BCUT2D eigenvalue weighted by Crippen LogP contribution is -2.42. The molecule has 2 aromatic heterocycles. The minimum Gasteiger partial charge on any atom is -0.462 e. The van der Waals surface area contributed by atoms with Crippen molar-refractivity contribution in [2.75, 3.05) is 11.6 Å². The van der Waals surface area contributed by atoms with Crippen molar-refractivity contribution in [1.82, 2.24) is 4.57 Å². The van der Waals surface area contributed by atoms with Gasteiger partial charge in [-0.3, -0.25) is 9.36 Å². The van der Waals surface area contributed by atoms with Gasteiger partial charge in [0.2, 0.25) is 0 Å². The molecule has 0 amide bonds. The molecule has 6 heteroatoms. The zero-order valence-electron chi connectivity index (χ0n) is 13.5. The first kappa shape index (κ1) is 15.0. The Morgan fingerprint density at radius 2 is 1.96 bits per heavy atom. The fourth-order valence-corrected chi connectivity index (χ4v) is 3.63. The van der Waals surface area contributed by atoms with Crippen LogP contribution < -0.4 is 19.8 Å². The predicted octanol–water partition coefficient (Wildman–Crippen LogP) is 2.00. The maximum Gasteiger partial charge on any atom is 0.271 e. The topological polar surface area (TPSA) is 50.7 Å². The quantitative estimate of drug-likeness (QED) is 0.718. The van der Waals surface area contributed by atoms with Gasteiger partial charge in [0, 0.05) is 11.8 Å². The van der Waals surface area contributed by atoms with Gasteiger partial charge in [0.15, 0.2) is 4.80 Å². The minimum absolute atomic E-state index is 0.0235. The molecule has 4 rings (SSSR count). The highest BCUT2D eigenvalue weighted by Crippen LogP contribution is 2.16. The lowest BCUT2D eigenvalue weighted by molar-refractivity contribution is 0.524. The number of hydrogen-bond acceptors (Lipinski definition) is 5. The number of furan rings is 1. The number of fused-ring (bicyclic) bond motifs is 1. The van der Waals surface area contributed by atoms with Crippen molar-refractivity contribution < 1.29 is 4.42 Å². The number of benzene rings is 1. The molecule has 0 spiro atoms. The lowest BCUT2D eigenvalue weighted by Gasteiger charge is -2.25. The van der Waals surface area contributed by atoms with Crippen LogP contribution in [0, 0.1) is 13.8 Å². The minimum atomic E-state index is -0.0235. The van der Waals surface area contributed by atoms with Gasteiger partial charge in [-0.15, -0.1) is 0 Å². The molecular formula is C18H17N3O2S. The van der Waals surface area contributed by atoms with Crippen LogP contribution in [0.25, 0.3) is 6.08 Å². The first-order chi connectivity index (χ1) is 11.6. The van der Waals surface area contributed by atoms with Gasteiger partial charge in [-0.1, -0.05) is 29.0 Å². The van der Waals surface area contributed by atoms with Gasteiger partial charge in [0.25, 0.3) is 5.56 Å². The second-order valence-corrected chi connectivity index (χ2v) is 6.90. The molecule has 3 aromatic rings. The number of rotatable bonds is 2. The van der Waals surface area contributed by atoms with Gasteiger partial charge < -0.3 is 9.32 Å². The first-order valence-corrected chi connectivity index (χ1v) is 8.56. The number of aryl methyl sites for hydroxylation is 2. The summed E-state index contributed by atoms with van der Waals surface area (Å²) < 4.78 is 7.90. The summed E-state index contributed by atoms with van der Waals surface area (Å²) >= 11 is 1.41. The van der Waals surface area contributed by atoms with E-state index in [0.29, 0.717) is 23.6 Å². The standard InChI is InChI=1S/C18H17N3O2S/c1-12-3-6-14(7-4-12)20-10-19-18-21(11-20)17(22)16(24-18)9-15-8-5-13(2)23-15/h3-9H,10-11H2,1-2H3/b16-9-. The molecule has 0 atom stereocenters. The molecule has 0 saturated heterocycles. The van der Waals surface area contributed by atoms with Crippen molar-refractivity contribution in [2.24, 2.45) is 4.99 Å². The summed E-state index contributed by atoms with van der Waals surface area (Å²) in [5, 5.41) is 0. The second kappa shape index (κ2) is 5.79. The largest absolute Gasteiger partial charge is 0.462 e. The third-order valence-electron chi connectivity index (χ3n) is 4.01. The molecule has 1 aliphatic rings. The summed E-state index contributed by atoms with van der Waals surface area (Å²) in [6.07, 6.45) is 1.79. The Morgan fingerprint density at radius 1 is 1.17 bits per heavy atom. The molecule has 3 heterocycles. The van der Waals surface area contributed by atoms with Crippen LogP contribution in [0.2, 0.25) is 0 Å². The van der Waals surface area contributed by atoms with Gasteiger partial charge in [-0.2, -0.15) is 0 Å². The Balaban J connectivity index is 1.71. The molecule has 1 aliphatic heterocycles. The molecule has 0 radical (unpaired) electrons. The molecule has 24 heavy (non-hydrogen) atoms. The zero-order valence-corrected chi connectivity index (χ0v) is 14.3. The maximum absolute atomic E-state index is 12.7. The summed E-state index contributed by atoms with van der Waals surface area (Å²) in [5.41, 5.74) is 2.26. The average molecular weight is 339 g/mol. The lowest BCUT2D eigenvalue weighted by atomic mass is 10.2. The summed E-state index contributed by atoms with van der Waals surface area (Å²) in [5.74, 6) is 1.53. The van der Waals surface area contributed by atoms with Crippen molar-refractivity contribution in [3.05, 3.63) is 73.2 Å². The molecule has 122 valence electrons. The molecule has 0 aliphatic carbocycles. The fraction of sp³-hybridized carbons (Fsp3) is 0.222. The Morgan fingerprint density at radius 3 is 2.67 bits per heavy atom. The highest BCUT2D eigenvalue weighted by atomic mass is 32.1. The molecule has 0 fully saturated rings. The van der Waals surface area contributed by atoms with Crippen LogP contribution in [0.1, 0.15) is 17.1 Å². The molecule has 5 nitrogen and oxygen atoms in total. The van der Waals surface area contributed by atoms with E-state index in [1.54, 1.807) is 10.6 Å². The van der Waals surface area contributed by atoms with Gasteiger partial charge >= 0.3 is 0 Å².